The highest BCUT2D eigenvalue weighted by Gasteiger charge is 2.12. The molecular formula is C9H14N2O2S. The predicted octanol–water partition coefficient (Wildman–Crippen LogP) is 0.648. The largest absolute Gasteiger partial charge is 0.377 e. The molecule has 2 rings (SSSR count). The summed E-state index contributed by atoms with van der Waals surface area (Å²) in [5.41, 5.74) is 2.93. The molecule has 5 heteroatoms. The first-order chi connectivity index (χ1) is 6.95. The molecule has 0 saturated carbocycles. The van der Waals surface area contributed by atoms with Crippen molar-refractivity contribution < 1.29 is 9.47 Å². The molecule has 1 aliphatic heterocycles. The Morgan fingerprint density at radius 2 is 2.21 bits per heavy atom. The maximum absolute atomic E-state index is 5.37. The minimum absolute atomic E-state index is 0.291. The Kier molecular flexibility index (Phi) is 3.88. The molecule has 1 aromatic heterocycles. The second-order valence-electron chi connectivity index (χ2n) is 3.21. The molecule has 0 aromatic carbocycles. The molecule has 0 unspecified atom stereocenters. The van der Waals surface area contributed by atoms with Crippen LogP contribution in [0.5, 0.6) is 0 Å². The summed E-state index contributed by atoms with van der Waals surface area (Å²) in [5.74, 6) is 0. The van der Waals surface area contributed by atoms with Gasteiger partial charge in [-0.15, -0.1) is 11.3 Å². The van der Waals surface area contributed by atoms with Crippen LogP contribution in [0.4, 0.5) is 0 Å². The Morgan fingerprint density at radius 1 is 1.43 bits per heavy atom. The molecule has 1 N–H and O–H groups in total. The van der Waals surface area contributed by atoms with Gasteiger partial charge < -0.3 is 14.8 Å². The lowest BCUT2D eigenvalue weighted by molar-refractivity contribution is 0.103. The number of aromatic nitrogens is 1. The number of thiazole rings is 1. The molecule has 2 heterocycles. The van der Waals surface area contributed by atoms with Crippen LogP contribution in [0, 0.1) is 0 Å². The van der Waals surface area contributed by atoms with Gasteiger partial charge in [0.15, 0.2) is 0 Å². The molecule has 1 aromatic rings. The van der Waals surface area contributed by atoms with E-state index in [1.54, 1.807) is 11.3 Å². The summed E-state index contributed by atoms with van der Waals surface area (Å²) in [5, 5.41) is 5.41. The van der Waals surface area contributed by atoms with E-state index in [1.165, 1.54) is 0 Å². The van der Waals surface area contributed by atoms with E-state index in [1.807, 2.05) is 10.9 Å². The predicted molar refractivity (Wildman–Crippen MR) is 54.4 cm³/mol. The third kappa shape index (κ3) is 3.02. The van der Waals surface area contributed by atoms with E-state index >= 15 is 0 Å². The van der Waals surface area contributed by atoms with E-state index in [0.717, 1.165) is 25.5 Å². The van der Waals surface area contributed by atoms with E-state index < -0.39 is 0 Å². The molecule has 0 atom stereocenters. The lowest BCUT2D eigenvalue weighted by Gasteiger charge is -2.13. The fraction of sp³-hybridized carbons (Fsp3) is 0.667. The number of ether oxygens (including phenoxy) is 2. The van der Waals surface area contributed by atoms with Crippen LogP contribution in [0.25, 0.3) is 0 Å². The van der Waals surface area contributed by atoms with Crippen LogP contribution < -0.4 is 5.32 Å². The lowest BCUT2D eigenvalue weighted by atomic mass is 10.3. The molecule has 78 valence electrons. The Morgan fingerprint density at radius 3 is 2.86 bits per heavy atom. The summed E-state index contributed by atoms with van der Waals surface area (Å²) in [6.45, 7) is 3.65. The molecular weight excluding hydrogens is 200 g/mol. The van der Waals surface area contributed by atoms with Crippen molar-refractivity contribution in [1.82, 2.24) is 10.3 Å². The van der Waals surface area contributed by atoms with Gasteiger partial charge in [0, 0.05) is 11.9 Å². The number of nitrogens with zero attached hydrogens (tertiary/aromatic N) is 1. The Labute approximate surface area is 87.3 Å². The van der Waals surface area contributed by atoms with Crippen LogP contribution in [0.3, 0.4) is 0 Å². The third-order valence-electron chi connectivity index (χ3n) is 2.07. The monoisotopic (exact) mass is 214 g/mol. The first-order valence-electron chi connectivity index (χ1n) is 4.71. The zero-order valence-electron chi connectivity index (χ0n) is 7.94. The van der Waals surface area contributed by atoms with Gasteiger partial charge in [-0.3, -0.25) is 0 Å². The van der Waals surface area contributed by atoms with Crippen LogP contribution in [0.2, 0.25) is 0 Å². The molecule has 0 bridgehead atoms. The second kappa shape index (κ2) is 5.41. The van der Waals surface area contributed by atoms with Gasteiger partial charge in [0.2, 0.25) is 0 Å². The van der Waals surface area contributed by atoms with Crippen molar-refractivity contribution in [3.8, 4) is 0 Å². The summed E-state index contributed by atoms with van der Waals surface area (Å²) >= 11 is 1.62. The van der Waals surface area contributed by atoms with Crippen molar-refractivity contribution in [2.75, 3.05) is 26.4 Å². The molecule has 1 aliphatic rings. The van der Waals surface area contributed by atoms with Gasteiger partial charge >= 0.3 is 0 Å². The number of hydrogen-bond donors (Lipinski definition) is 1. The molecule has 0 spiro atoms. The summed E-state index contributed by atoms with van der Waals surface area (Å²) < 4.78 is 10.7. The minimum atomic E-state index is 0.291. The van der Waals surface area contributed by atoms with Crippen LogP contribution in [-0.4, -0.2) is 37.5 Å². The maximum atomic E-state index is 5.37. The number of rotatable bonds is 3. The van der Waals surface area contributed by atoms with E-state index in [-0.39, 0.29) is 0 Å². The Balaban J connectivity index is 1.73. The van der Waals surface area contributed by atoms with Crippen molar-refractivity contribution in [1.29, 1.82) is 0 Å². The zero-order valence-corrected chi connectivity index (χ0v) is 8.76. The van der Waals surface area contributed by atoms with E-state index in [2.05, 4.69) is 10.3 Å². The van der Waals surface area contributed by atoms with Crippen LogP contribution in [-0.2, 0) is 16.0 Å². The fourth-order valence-electron chi connectivity index (χ4n) is 1.31. The summed E-state index contributed by atoms with van der Waals surface area (Å²) in [7, 11) is 0. The number of hydrogen-bond acceptors (Lipinski definition) is 5. The number of nitrogens with one attached hydrogen (secondary N) is 1. The first kappa shape index (κ1) is 10.0. The Hall–Kier alpha value is -0.490. The molecule has 0 amide bonds. The topological polar surface area (TPSA) is 43.4 Å². The fourth-order valence-corrected chi connectivity index (χ4v) is 1.87. The summed E-state index contributed by atoms with van der Waals surface area (Å²) in [6.07, 6.45) is 0. The van der Waals surface area contributed by atoms with Gasteiger partial charge in [0.25, 0.3) is 0 Å². The summed E-state index contributed by atoms with van der Waals surface area (Å²) in [4.78, 5) is 4.20. The van der Waals surface area contributed by atoms with Gasteiger partial charge in [0.1, 0.15) is 0 Å². The molecule has 1 saturated heterocycles. The average Bonchev–Trinajstić information content (AvgIpc) is 2.58. The summed E-state index contributed by atoms with van der Waals surface area (Å²) in [6, 6.07) is 0.291. The SMILES string of the molecule is c1nc(CNC2COCCOC2)cs1. The van der Waals surface area contributed by atoms with Crippen molar-refractivity contribution in [2.24, 2.45) is 0 Å². The highest BCUT2D eigenvalue weighted by Crippen LogP contribution is 2.01. The smallest absolute Gasteiger partial charge is 0.0795 e. The minimum Gasteiger partial charge on any atom is -0.377 e. The van der Waals surface area contributed by atoms with Crippen LogP contribution in [0.1, 0.15) is 5.69 Å². The van der Waals surface area contributed by atoms with Gasteiger partial charge in [-0.2, -0.15) is 0 Å². The van der Waals surface area contributed by atoms with Crippen molar-refractivity contribution in [3.63, 3.8) is 0 Å². The zero-order chi connectivity index (χ0) is 9.64. The molecule has 4 nitrogen and oxygen atoms in total. The highest BCUT2D eigenvalue weighted by atomic mass is 32.1. The average molecular weight is 214 g/mol. The molecule has 0 radical (unpaired) electrons. The maximum Gasteiger partial charge on any atom is 0.0795 e. The van der Waals surface area contributed by atoms with Gasteiger partial charge in [-0.1, -0.05) is 0 Å². The Bertz CT molecular complexity index is 245. The van der Waals surface area contributed by atoms with Crippen molar-refractivity contribution >= 4 is 11.3 Å². The van der Waals surface area contributed by atoms with Crippen LogP contribution >= 0.6 is 11.3 Å². The molecule has 0 aliphatic carbocycles. The second-order valence-corrected chi connectivity index (χ2v) is 3.93. The van der Waals surface area contributed by atoms with Crippen molar-refractivity contribution in [3.05, 3.63) is 16.6 Å². The quantitative estimate of drug-likeness (QED) is 0.802. The van der Waals surface area contributed by atoms with E-state index in [4.69, 9.17) is 9.47 Å². The van der Waals surface area contributed by atoms with Gasteiger partial charge in [0.05, 0.1) is 43.7 Å². The normalized spacial score (nSPS) is 19.4. The molecule has 1 fully saturated rings. The molecule has 14 heavy (non-hydrogen) atoms. The highest BCUT2D eigenvalue weighted by molar-refractivity contribution is 7.07. The van der Waals surface area contributed by atoms with Gasteiger partial charge in [-0.25, -0.2) is 4.98 Å². The first-order valence-corrected chi connectivity index (χ1v) is 5.65. The van der Waals surface area contributed by atoms with Crippen molar-refractivity contribution in [2.45, 2.75) is 12.6 Å². The van der Waals surface area contributed by atoms with Crippen LogP contribution in [0.15, 0.2) is 10.9 Å². The van der Waals surface area contributed by atoms with E-state index in [0.29, 0.717) is 19.3 Å². The van der Waals surface area contributed by atoms with E-state index in [9.17, 15) is 0 Å². The third-order valence-corrected chi connectivity index (χ3v) is 2.70. The van der Waals surface area contributed by atoms with Gasteiger partial charge in [-0.05, 0) is 0 Å². The standard InChI is InChI=1S/C9H14N2O2S/c1-2-13-5-9(4-12-1)10-3-8-6-14-7-11-8/h6-7,9-10H,1-5H2. The lowest BCUT2D eigenvalue weighted by Crippen LogP contribution is -2.35.